The van der Waals surface area contributed by atoms with Crippen LogP contribution in [0, 0.1) is 0 Å². The molecule has 0 unspecified atom stereocenters. The SMILES string of the molecule is COCCN(CCO)c1ccc(CN)nc1. The Morgan fingerprint density at radius 3 is 2.75 bits per heavy atom. The summed E-state index contributed by atoms with van der Waals surface area (Å²) in [5.41, 5.74) is 7.31. The Labute approximate surface area is 95.8 Å². The number of aromatic nitrogens is 1. The summed E-state index contributed by atoms with van der Waals surface area (Å²) in [6.45, 7) is 2.49. The number of hydrogen-bond acceptors (Lipinski definition) is 5. The number of aliphatic hydroxyl groups is 1. The molecule has 1 aromatic heterocycles. The number of rotatable bonds is 7. The molecular formula is C11H19N3O2. The normalized spacial score (nSPS) is 10.4. The first-order valence-electron chi connectivity index (χ1n) is 5.31. The van der Waals surface area contributed by atoms with Gasteiger partial charge in [0.25, 0.3) is 0 Å². The Kier molecular flexibility index (Phi) is 5.77. The average Bonchev–Trinajstić information content (AvgIpc) is 2.35. The largest absolute Gasteiger partial charge is 0.395 e. The summed E-state index contributed by atoms with van der Waals surface area (Å²) in [7, 11) is 1.66. The van der Waals surface area contributed by atoms with Gasteiger partial charge in [-0.2, -0.15) is 0 Å². The maximum atomic E-state index is 8.98. The van der Waals surface area contributed by atoms with E-state index in [2.05, 4.69) is 4.98 Å². The first kappa shape index (κ1) is 12.9. The van der Waals surface area contributed by atoms with Gasteiger partial charge < -0.3 is 20.5 Å². The highest BCUT2D eigenvalue weighted by molar-refractivity contribution is 5.44. The third-order valence-corrected chi connectivity index (χ3v) is 2.32. The topological polar surface area (TPSA) is 71.6 Å². The minimum absolute atomic E-state index is 0.113. The van der Waals surface area contributed by atoms with Crippen molar-refractivity contribution in [1.82, 2.24) is 4.98 Å². The second kappa shape index (κ2) is 7.16. The fourth-order valence-corrected chi connectivity index (χ4v) is 1.42. The zero-order chi connectivity index (χ0) is 11.8. The predicted octanol–water partition coefficient (Wildman–Crippen LogP) is -0.0146. The number of aliphatic hydroxyl groups excluding tert-OH is 1. The van der Waals surface area contributed by atoms with Gasteiger partial charge in [0.15, 0.2) is 0 Å². The first-order chi connectivity index (χ1) is 7.81. The summed E-state index contributed by atoms with van der Waals surface area (Å²) < 4.78 is 5.02. The van der Waals surface area contributed by atoms with Crippen LogP contribution in [0.1, 0.15) is 5.69 Å². The Balaban J connectivity index is 2.67. The molecule has 3 N–H and O–H groups in total. The van der Waals surface area contributed by atoms with Gasteiger partial charge in [0, 0.05) is 26.7 Å². The van der Waals surface area contributed by atoms with E-state index >= 15 is 0 Å². The summed E-state index contributed by atoms with van der Waals surface area (Å²) in [6.07, 6.45) is 1.77. The van der Waals surface area contributed by atoms with E-state index in [1.807, 2.05) is 17.0 Å². The van der Waals surface area contributed by atoms with Crippen molar-refractivity contribution in [2.75, 3.05) is 38.3 Å². The standard InChI is InChI=1S/C11H19N3O2/c1-16-7-5-14(4-6-15)11-3-2-10(8-12)13-9-11/h2-3,9,15H,4-8,12H2,1H3. The third-order valence-electron chi connectivity index (χ3n) is 2.32. The molecular weight excluding hydrogens is 206 g/mol. The van der Waals surface area contributed by atoms with E-state index < -0.39 is 0 Å². The van der Waals surface area contributed by atoms with Gasteiger partial charge >= 0.3 is 0 Å². The zero-order valence-electron chi connectivity index (χ0n) is 9.59. The van der Waals surface area contributed by atoms with Crippen molar-refractivity contribution in [3.63, 3.8) is 0 Å². The highest BCUT2D eigenvalue weighted by Gasteiger charge is 2.05. The van der Waals surface area contributed by atoms with Crippen molar-refractivity contribution in [2.45, 2.75) is 6.54 Å². The maximum Gasteiger partial charge on any atom is 0.0637 e. The Bertz CT molecular complexity index is 290. The number of nitrogens with zero attached hydrogens (tertiary/aromatic N) is 2. The van der Waals surface area contributed by atoms with Crippen LogP contribution in [0.5, 0.6) is 0 Å². The van der Waals surface area contributed by atoms with Crippen LogP contribution >= 0.6 is 0 Å². The van der Waals surface area contributed by atoms with Gasteiger partial charge in [0.1, 0.15) is 0 Å². The molecule has 0 aliphatic carbocycles. The number of nitrogens with two attached hydrogens (primary N) is 1. The molecule has 0 bridgehead atoms. The number of methoxy groups -OCH3 is 1. The molecule has 0 atom stereocenters. The molecule has 0 aliphatic rings. The van der Waals surface area contributed by atoms with E-state index in [4.69, 9.17) is 15.6 Å². The molecule has 0 aliphatic heterocycles. The monoisotopic (exact) mass is 225 g/mol. The van der Waals surface area contributed by atoms with E-state index in [9.17, 15) is 0 Å². The predicted molar refractivity (Wildman–Crippen MR) is 63.3 cm³/mol. The molecule has 0 aromatic carbocycles. The van der Waals surface area contributed by atoms with E-state index in [-0.39, 0.29) is 6.61 Å². The summed E-state index contributed by atoms with van der Waals surface area (Å²) in [5.74, 6) is 0. The molecule has 0 saturated carbocycles. The van der Waals surface area contributed by atoms with E-state index in [1.165, 1.54) is 0 Å². The van der Waals surface area contributed by atoms with Crippen molar-refractivity contribution in [1.29, 1.82) is 0 Å². The molecule has 1 heterocycles. The van der Waals surface area contributed by atoms with Gasteiger partial charge in [0.2, 0.25) is 0 Å². The Morgan fingerprint density at radius 2 is 2.25 bits per heavy atom. The lowest BCUT2D eigenvalue weighted by atomic mass is 10.3. The summed E-state index contributed by atoms with van der Waals surface area (Å²) in [6, 6.07) is 3.85. The highest BCUT2D eigenvalue weighted by Crippen LogP contribution is 2.12. The van der Waals surface area contributed by atoms with Crippen molar-refractivity contribution in [3.8, 4) is 0 Å². The molecule has 1 aromatic rings. The van der Waals surface area contributed by atoms with Gasteiger partial charge in [-0.05, 0) is 12.1 Å². The van der Waals surface area contributed by atoms with Crippen molar-refractivity contribution in [2.24, 2.45) is 5.73 Å². The second-order valence-electron chi connectivity index (χ2n) is 3.42. The molecule has 5 nitrogen and oxygen atoms in total. The first-order valence-corrected chi connectivity index (χ1v) is 5.31. The highest BCUT2D eigenvalue weighted by atomic mass is 16.5. The van der Waals surface area contributed by atoms with Crippen LogP contribution in [0.4, 0.5) is 5.69 Å². The van der Waals surface area contributed by atoms with Crippen LogP contribution in [0.25, 0.3) is 0 Å². The maximum absolute atomic E-state index is 8.98. The number of pyridine rings is 1. The number of hydrogen-bond donors (Lipinski definition) is 2. The lowest BCUT2D eigenvalue weighted by Crippen LogP contribution is -2.30. The Hall–Kier alpha value is -1.17. The Morgan fingerprint density at radius 1 is 1.44 bits per heavy atom. The van der Waals surface area contributed by atoms with E-state index in [1.54, 1.807) is 13.3 Å². The minimum atomic E-state index is 0.113. The van der Waals surface area contributed by atoms with Crippen molar-refractivity contribution in [3.05, 3.63) is 24.0 Å². The van der Waals surface area contributed by atoms with Crippen molar-refractivity contribution >= 4 is 5.69 Å². The second-order valence-corrected chi connectivity index (χ2v) is 3.42. The summed E-state index contributed by atoms with van der Waals surface area (Å²) >= 11 is 0. The van der Waals surface area contributed by atoms with Crippen LogP contribution < -0.4 is 10.6 Å². The van der Waals surface area contributed by atoms with Crippen molar-refractivity contribution < 1.29 is 9.84 Å². The van der Waals surface area contributed by atoms with Gasteiger partial charge in [-0.1, -0.05) is 0 Å². The fourth-order valence-electron chi connectivity index (χ4n) is 1.42. The van der Waals surface area contributed by atoms with Crippen LogP contribution in [0.2, 0.25) is 0 Å². The molecule has 5 heteroatoms. The van der Waals surface area contributed by atoms with Crippen LogP contribution in [0.15, 0.2) is 18.3 Å². The molecule has 0 saturated heterocycles. The van der Waals surface area contributed by atoms with Gasteiger partial charge in [-0.3, -0.25) is 4.98 Å². The smallest absolute Gasteiger partial charge is 0.0637 e. The lowest BCUT2D eigenvalue weighted by molar-refractivity contribution is 0.203. The number of ether oxygens (including phenoxy) is 1. The zero-order valence-corrected chi connectivity index (χ0v) is 9.59. The van der Waals surface area contributed by atoms with Gasteiger partial charge in [-0.15, -0.1) is 0 Å². The van der Waals surface area contributed by atoms with E-state index in [0.29, 0.717) is 19.7 Å². The molecule has 1 rings (SSSR count). The fraction of sp³-hybridized carbons (Fsp3) is 0.545. The molecule has 90 valence electrons. The van der Waals surface area contributed by atoms with Gasteiger partial charge in [-0.25, -0.2) is 0 Å². The quantitative estimate of drug-likeness (QED) is 0.682. The van der Waals surface area contributed by atoms with Crippen LogP contribution in [0.3, 0.4) is 0 Å². The van der Waals surface area contributed by atoms with Crippen LogP contribution in [-0.4, -0.2) is 43.5 Å². The summed E-state index contributed by atoms with van der Waals surface area (Å²) in [4.78, 5) is 6.24. The molecule has 0 spiro atoms. The molecule has 16 heavy (non-hydrogen) atoms. The van der Waals surface area contributed by atoms with E-state index in [0.717, 1.165) is 17.9 Å². The molecule has 0 amide bonds. The lowest BCUT2D eigenvalue weighted by Gasteiger charge is -2.23. The number of anilines is 1. The van der Waals surface area contributed by atoms with Crippen LogP contribution in [-0.2, 0) is 11.3 Å². The third kappa shape index (κ3) is 3.77. The summed E-state index contributed by atoms with van der Waals surface area (Å²) in [5, 5.41) is 8.98. The molecule has 0 radical (unpaired) electrons. The molecule has 0 fully saturated rings. The minimum Gasteiger partial charge on any atom is -0.395 e. The van der Waals surface area contributed by atoms with Gasteiger partial charge in [0.05, 0.1) is 30.8 Å². The average molecular weight is 225 g/mol.